The number of ether oxygens (including phenoxy) is 1. The fraction of sp³-hybridized carbons (Fsp3) is 0.467. The lowest BCUT2D eigenvalue weighted by Crippen LogP contribution is -2.31. The van der Waals surface area contributed by atoms with E-state index >= 15 is 0 Å². The molecule has 0 amide bonds. The Morgan fingerprint density at radius 1 is 1.44 bits per heavy atom. The highest BCUT2D eigenvalue weighted by molar-refractivity contribution is 5.35. The Hall–Kier alpha value is -1.32. The van der Waals surface area contributed by atoms with Crippen LogP contribution in [0.1, 0.15) is 17.5 Å². The molecule has 0 aliphatic carbocycles. The second-order valence-corrected chi connectivity index (χ2v) is 4.52. The van der Waals surface area contributed by atoms with E-state index in [1.54, 1.807) is 0 Å². The monoisotopic (exact) mass is 249 g/mol. The van der Waals surface area contributed by atoms with E-state index in [-0.39, 0.29) is 0 Å². The third kappa shape index (κ3) is 5.34. The van der Waals surface area contributed by atoms with Gasteiger partial charge in [0.25, 0.3) is 0 Å². The molecular formula is C15H23NO2. The van der Waals surface area contributed by atoms with Crippen molar-refractivity contribution < 1.29 is 9.84 Å². The topological polar surface area (TPSA) is 41.5 Å². The lowest BCUT2D eigenvalue weighted by Gasteiger charge is -2.14. The minimum atomic E-state index is -0.490. The summed E-state index contributed by atoms with van der Waals surface area (Å²) in [5, 5.41) is 12.9. The van der Waals surface area contributed by atoms with Crippen molar-refractivity contribution in [2.75, 3.05) is 19.7 Å². The van der Waals surface area contributed by atoms with E-state index in [2.05, 4.69) is 24.9 Å². The van der Waals surface area contributed by atoms with Gasteiger partial charge in [-0.1, -0.05) is 23.8 Å². The smallest absolute Gasteiger partial charge is 0.122 e. The first-order chi connectivity index (χ1) is 8.63. The summed E-state index contributed by atoms with van der Waals surface area (Å²) in [4.78, 5) is 0. The first kappa shape index (κ1) is 14.7. The van der Waals surface area contributed by atoms with Crippen LogP contribution in [-0.4, -0.2) is 30.9 Å². The number of aliphatic hydroxyl groups excluding tert-OH is 1. The zero-order chi connectivity index (χ0) is 13.4. The van der Waals surface area contributed by atoms with Gasteiger partial charge in [0.15, 0.2) is 0 Å². The average molecular weight is 249 g/mol. The summed E-state index contributed by atoms with van der Waals surface area (Å²) in [6.45, 7) is 9.39. The Labute approximate surface area is 109 Å². The molecule has 1 atom stereocenters. The summed E-state index contributed by atoms with van der Waals surface area (Å²) in [6.07, 6.45) is 2.27. The van der Waals surface area contributed by atoms with Crippen LogP contribution >= 0.6 is 0 Å². The molecule has 0 fully saturated rings. The van der Waals surface area contributed by atoms with Gasteiger partial charge in [-0.15, -0.1) is 6.58 Å². The zero-order valence-corrected chi connectivity index (χ0v) is 11.3. The summed E-state index contributed by atoms with van der Waals surface area (Å²) in [7, 11) is 0. The van der Waals surface area contributed by atoms with Crippen LogP contribution < -0.4 is 10.1 Å². The summed E-state index contributed by atoms with van der Waals surface area (Å²) in [5.74, 6) is 0.839. The number of benzene rings is 1. The molecule has 0 saturated heterocycles. The minimum Gasteiger partial charge on any atom is -0.491 e. The number of nitrogens with one attached hydrogen (secondary N) is 1. The quantitative estimate of drug-likeness (QED) is 0.548. The molecule has 0 aliphatic rings. The number of aryl methyl sites for hydroxylation is 2. The Morgan fingerprint density at radius 2 is 2.22 bits per heavy atom. The summed E-state index contributed by atoms with van der Waals surface area (Å²) in [6, 6.07) is 6.03. The van der Waals surface area contributed by atoms with Gasteiger partial charge in [-0.2, -0.15) is 0 Å². The molecule has 0 radical (unpaired) electrons. The largest absolute Gasteiger partial charge is 0.491 e. The predicted molar refractivity (Wildman–Crippen MR) is 75.1 cm³/mol. The molecule has 1 aromatic carbocycles. The van der Waals surface area contributed by atoms with Crippen LogP contribution in [-0.2, 0) is 0 Å². The standard InChI is InChI=1S/C15H23NO2/c1-4-5-8-16-10-14(17)11-18-15-7-6-12(2)9-13(15)3/h4,6-7,9,14,16-17H,1,5,8,10-11H2,2-3H3. The van der Waals surface area contributed by atoms with E-state index in [9.17, 15) is 5.11 Å². The summed E-state index contributed by atoms with van der Waals surface area (Å²) >= 11 is 0. The molecule has 2 N–H and O–H groups in total. The zero-order valence-electron chi connectivity index (χ0n) is 11.3. The Kier molecular flexibility index (Phi) is 6.47. The van der Waals surface area contributed by atoms with Crippen LogP contribution in [0.2, 0.25) is 0 Å². The van der Waals surface area contributed by atoms with Gasteiger partial charge >= 0.3 is 0 Å². The van der Waals surface area contributed by atoms with Crippen molar-refractivity contribution in [3.63, 3.8) is 0 Å². The highest BCUT2D eigenvalue weighted by Crippen LogP contribution is 2.18. The van der Waals surface area contributed by atoms with Crippen molar-refractivity contribution >= 4 is 0 Å². The van der Waals surface area contributed by atoms with E-state index in [0.29, 0.717) is 13.2 Å². The molecule has 0 heterocycles. The molecule has 1 unspecified atom stereocenters. The second-order valence-electron chi connectivity index (χ2n) is 4.52. The molecule has 1 rings (SSSR count). The van der Waals surface area contributed by atoms with Crippen LogP contribution in [0.3, 0.4) is 0 Å². The van der Waals surface area contributed by atoms with Crippen LogP contribution in [0, 0.1) is 13.8 Å². The highest BCUT2D eigenvalue weighted by Gasteiger charge is 2.06. The SMILES string of the molecule is C=CCCNCC(O)COc1ccc(C)cc1C. The van der Waals surface area contributed by atoms with Crippen molar-refractivity contribution in [3.8, 4) is 5.75 Å². The second kappa shape index (κ2) is 7.90. The Bertz CT molecular complexity index is 377. The molecule has 0 bridgehead atoms. The van der Waals surface area contributed by atoms with Gasteiger partial charge in [-0.25, -0.2) is 0 Å². The fourth-order valence-corrected chi connectivity index (χ4v) is 1.68. The van der Waals surface area contributed by atoms with E-state index < -0.39 is 6.10 Å². The highest BCUT2D eigenvalue weighted by atomic mass is 16.5. The maximum atomic E-state index is 9.74. The van der Waals surface area contributed by atoms with Crippen LogP contribution in [0.25, 0.3) is 0 Å². The molecular weight excluding hydrogens is 226 g/mol. The average Bonchev–Trinajstić information content (AvgIpc) is 2.33. The summed E-state index contributed by atoms with van der Waals surface area (Å²) in [5.41, 5.74) is 2.31. The van der Waals surface area contributed by atoms with Gasteiger partial charge in [-0.3, -0.25) is 0 Å². The lowest BCUT2D eigenvalue weighted by molar-refractivity contribution is 0.106. The Morgan fingerprint density at radius 3 is 2.89 bits per heavy atom. The van der Waals surface area contributed by atoms with E-state index in [1.165, 1.54) is 5.56 Å². The van der Waals surface area contributed by atoms with E-state index in [4.69, 9.17) is 4.74 Å². The molecule has 0 aliphatic heterocycles. The first-order valence-corrected chi connectivity index (χ1v) is 6.33. The molecule has 0 spiro atoms. The molecule has 3 heteroatoms. The molecule has 0 saturated carbocycles. The van der Waals surface area contributed by atoms with Gasteiger partial charge in [0.1, 0.15) is 18.5 Å². The van der Waals surface area contributed by atoms with Crippen LogP contribution in [0.4, 0.5) is 0 Å². The maximum Gasteiger partial charge on any atom is 0.122 e. The van der Waals surface area contributed by atoms with Gasteiger partial charge in [0, 0.05) is 6.54 Å². The number of hydrogen-bond donors (Lipinski definition) is 2. The van der Waals surface area contributed by atoms with Crippen molar-refractivity contribution in [3.05, 3.63) is 42.0 Å². The molecule has 1 aromatic rings. The van der Waals surface area contributed by atoms with Gasteiger partial charge < -0.3 is 15.2 Å². The predicted octanol–water partition coefficient (Wildman–Crippen LogP) is 2.21. The van der Waals surface area contributed by atoms with Gasteiger partial charge in [-0.05, 0) is 38.4 Å². The Balaban J connectivity index is 2.29. The molecule has 0 aromatic heterocycles. The number of aliphatic hydroxyl groups is 1. The maximum absolute atomic E-state index is 9.74. The van der Waals surface area contributed by atoms with Crippen molar-refractivity contribution in [2.24, 2.45) is 0 Å². The van der Waals surface area contributed by atoms with Crippen LogP contribution in [0.15, 0.2) is 30.9 Å². The first-order valence-electron chi connectivity index (χ1n) is 6.33. The minimum absolute atomic E-state index is 0.311. The number of rotatable bonds is 8. The van der Waals surface area contributed by atoms with E-state index in [0.717, 1.165) is 24.3 Å². The van der Waals surface area contributed by atoms with Gasteiger partial charge in [0.2, 0.25) is 0 Å². The fourth-order valence-electron chi connectivity index (χ4n) is 1.68. The number of hydrogen-bond acceptors (Lipinski definition) is 3. The molecule has 3 nitrogen and oxygen atoms in total. The van der Waals surface area contributed by atoms with Crippen molar-refractivity contribution in [1.82, 2.24) is 5.32 Å². The van der Waals surface area contributed by atoms with E-state index in [1.807, 2.05) is 25.1 Å². The van der Waals surface area contributed by atoms with Crippen molar-refractivity contribution in [2.45, 2.75) is 26.4 Å². The lowest BCUT2D eigenvalue weighted by atomic mass is 10.1. The molecule has 100 valence electrons. The van der Waals surface area contributed by atoms with Crippen molar-refractivity contribution in [1.29, 1.82) is 0 Å². The third-order valence-electron chi connectivity index (χ3n) is 2.67. The third-order valence-corrected chi connectivity index (χ3v) is 2.67. The summed E-state index contributed by atoms with van der Waals surface area (Å²) < 4.78 is 5.60. The normalized spacial score (nSPS) is 12.2. The van der Waals surface area contributed by atoms with Crippen LogP contribution in [0.5, 0.6) is 5.75 Å². The molecule has 18 heavy (non-hydrogen) atoms. The van der Waals surface area contributed by atoms with Gasteiger partial charge in [0.05, 0.1) is 0 Å².